The smallest absolute Gasteiger partial charge is 0.305 e. The highest BCUT2D eigenvalue weighted by atomic mass is 16.5. The second-order valence-electron chi connectivity index (χ2n) is 11.7. The van der Waals surface area contributed by atoms with Gasteiger partial charge in [-0.3, -0.25) is 4.79 Å². The first-order valence-electron chi connectivity index (χ1n) is 16.9. The molecule has 0 amide bonds. The van der Waals surface area contributed by atoms with Crippen molar-refractivity contribution in [2.24, 2.45) is 0 Å². The second-order valence-corrected chi connectivity index (χ2v) is 11.7. The summed E-state index contributed by atoms with van der Waals surface area (Å²) in [6.45, 7) is 9.40. The molecule has 0 atom stereocenters. The molecule has 0 aromatic carbocycles. The van der Waals surface area contributed by atoms with Crippen molar-refractivity contribution in [1.29, 1.82) is 0 Å². The van der Waals surface area contributed by atoms with Crippen LogP contribution >= 0.6 is 0 Å². The largest absolute Gasteiger partial charge is 0.466 e. The minimum atomic E-state index is -0.0146. The average molecular weight is 573 g/mol. The van der Waals surface area contributed by atoms with E-state index < -0.39 is 0 Å². The van der Waals surface area contributed by atoms with E-state index in [4.69, 9.17) is 10.5 Å². The summed E-state index contributed by atoms with van der Waals surface area (Å²) in [4.78, 5) is 27.5. The lowest BCUT2D eigenvalue weighted by Gasteiger charge is -2.22. The molecular weight excluding hydrogens is 512 g/mol. The first-order chi connectivity index (χ1) is 20.2. The van der Waals surface area contributed by atoms with Crippen molar-refractivity contribution in [2.75, 3.05) is 32.0 Å². The third kappa shape index (κ3) is 16.1. The molecule has 2 N–H and O–H groups in total. The predicted molar refractivity (Wildman–Crippen MR) is 171 cm³/mol. The third-order valence-electron chi connectivity index (χ3n) is 8.00. The maximum Gasteiger partial charge on any atom is 0.305 e. The number of carbonyl (C=O) groups is 1. The Morgan fingerprint density at radius 2 is 1.29 bits per heavy atom. The Kier molecular flexibility index (Phi) is 19.9. The molecule has 0 saturated heterocycles. The number of aryl methyl sites for hydroxylation is 1. The topological polar surface area (TPSA) is 99.2 Å². The highest BCUT2D eigenvalue weighted by molar-refractivity contribution is 5.81. The van der Waals surface area contributed by atoms with Crippen LogP contribution in [0.4, 0.5) is 5.82 Å². The Labute approximate surface area is 250 Å². The van der Waals surface area contributed by atoms with Gasteiger partial charge in [-0.1, -0.05) is 104 Å². The van der Waals surface area contributed by atoms with Crippen LogP contribution in [-0.2, 0) is 16.1 Å². The van der Waals surface area contributed by atoms with Crippen LogP contribution in [0.3, 0.4) is 0 Å². The van der Waals surface area contributed by atoms with Crippen LogP contribution in [0.15, 0.2) is 12.7 Å². The first-order valence-corrected chi connectivity index (χ1v) is 16.9. The van der Waals surface area contributed by atoms with Gasteiger partial charge in [0, 0.05) is 13.0 Å². The second kappa shape index (κ2) is 23.4. The standard InChI is InChI=1S/C33H60N6O2/c1-3-5-7-9-11-14-18-23-38(25-21-26-39-29-37-31-32(34)35-28-36-33(31)39)24-19-15-12-13-17-22-30(40)41-27-20-16-10-8-6-4-2/h28-29H,3-27H2,1-2H3,(H2,34,35,36). The summed E-state index contributed by atoms with van der Waals surface area (Å²) in [5, 5.41) is 0. The summed E-state index contributed by atoms with van der Waals surface area (Å²) in [6.07, 6.45) is 27.4. The normalized spacial score (nSPS) is 11.6. The molecule has 2 heterocycles. The van der Waals surface area contributed by atoms with E-state index in [1.165, 1.54) is 109 Å². The molecule has 0 bridgehead atoms. The Balaban J connectivity index is 1.60. The summed E-state index contributed by atoms with van der Waals surface area (Å²) in [7, 11) is 0. The summed E-state index contributed by atoms with van der Waals surface area (Å²) >= 11 is 0. The van der Waals surface area contributed by atoms with E-state index in [9.17, 15) is 4.79 Å². The Hall–Kier alpha value is -2.22. The van der Waals surface area contributed by atoms with Crippen LogP contribution in [-0.4, -0.2) is 56.6 Å². The zero-order valence-electron chi connectivity index (χ0n) is 26.5. The molecule has 0 spiro atoms. The van der Waals surface area contributed by atoms with Crippen molar-refractivity contribution in [1.82, 2.24) is 24.4 Å². The number of unbranched alkanes of at least 4 members (excludes halogenated alkanes) is 15. The fourth-order valence-electron chi connectivity index (χ4n) is 5.43. The van der Waals surface area contributed by atoms with Gasteiger partial charge in [-0.05, 0) is 51.7 Å². The highest BCUT2D eigenvalue weighted by Gasteiger charge is 2.10. The number of nitrogens with zero attached hydrogens (tertiary/aromatic N) is 5. The van der Waals surface area contributed by atoms with Crippen molar-refractivity contribution >= 4 is 23.0 Å². The van der Waals surface area contributed by atoms with Gasteiger partial charge in [0.05, 0.1) is 12.9 Å². The number of hydrogen-bond donors (Lipinski definition) is 1. The van der Waals surface area contributed by atoms with Crippen LogP contribution in [0, 0.1) is 0 Å². The van der Waals surface area contributed by atoms with Crippen molar-refractivity contribution in [3.63, 3.8) is 0 Å². The van der Waals surface area contributed by atoms with Gasteiger partial charge in [-0.15, -0.1) is 0 Å². The molecule has 0 radical (unpaired) electrons. The summed E-state index contributed by atoms with van der Waals surface area (Å²) in [6, 6.07) is 0. The lowest BCUT2D eigenvalue weighted by Crippen LogP contribution is -2.28. The van der Waals surface area contributed by atoms with E-state index in [-0.39, 0.29) is 5.97 Å². The van der Waals surface area contributed by atoms with Gasteiger partial charge in [-0.2, -0.15) is 0 Å². The SMILES string of the molecule is CCCCCCCCCN(CCCCCCCC(=O)OCCCCCCCC)CCCn1cnc2c(N)ncnc21. The quantitative estimate of drug-likeness (QED) is 0.0853. The summed E-state index contributed by atoms with van der Waals surface area (Å²) in [5.74, 6) is 0.429. The van der Waals surface area contributed by atoms with Crippen LogP contribution in [0.5, 0.6) is 0 Å². The molecule has 0 aliphatic rings. The number of aromatic nitrogens is 4. The van der Waals surface area contributed by atoms with Crippen LogP contribution < -0.4 is 5.73 Å². The van der Waals surface area contributed by atoms with Crippen LogP contribution in [0.1, 0.15) is 142 Å². The molecule has 0 aliphatic carbocycles. The number of esters is 1. The van der Waals surface area contributed by atoms with Crippen molar-refractivity contribution in [3.8, 4) is 0 Å². The number of nitrogens with two attached hydrogens (primary N) is 1. The highest BCUT2D eigenvalue weighted by Crippen LogP contribution is 2.15. The lowest BCUT2D eigenvalue weighted by molar-refractivity contribution is -0.143. The molecule has 0 unspecified atom stereocenters. The summed E-state index contributed by atoms with van der Waals surface area (Å²) < 4.78 is 7.51. The zero-order valence-corrected chi connectivity index (χ0v) is 26.5. The van der Waals surface area contributed by atoms with Gasteiger partial charge < -0.3 is 19.9 Å². The number of ether oxygens (including phenoxy) is 1. The molecule has 234 valence electrons. The fraction of sp³-hybridized carbons (Fsp3) is 0.818. The van der Waals surface area contributed by atoms with Crippen LogP contribution in [0.2, 0.25) is 0 Å². The molecule has 2 aromatic heterocycles. The number of imidazole rings is 1. The van der Waals surface area contributed by atoms with Crippen molar-refractivity contribution in [3.05, 3.63) is 12.7 Å². The van der Waals surface area contributed by atoms with E-state index >= 15 is 0 Å². The molecule has 41 heavy (non-hydrogen) atoms. The fourth-order valence-corrected chi connectivity index (χ4v) is 5.43. The molecular formula is C33H60N6O2. The zero-order chi connectivity index (χ0) is 29.4. The molecule has 2 aromatic rings. The van der Waals surface area contributed by atoms with Crippen molar-refractivity contribution in [2.45, 2.75) is 149 Å². The maximum absolute atomic E-state index is 12.0. The Morgan fingerprint density at radius 1 is 0.732 bits per heavy atom. The first kappa shape index (κ1) is 35.0. The van der Waals surface area contributed by atoms with E-state index in [1.54, 1.807) is 0 Å². The van der Waals surface area contributed by atoms with E-state index in [0.717, 1.165) is 51.0 Å². The molecule has 0 saturated carbocycles. The Bertz CT molecular complexity index is 918. The van der Waals surface area contributed by atoms with Gasteiger partial charge >= 0.3 is 5.97 Å². The molecule has 0 aliphatic heterocycles. The Morgan fingerprint density at radius 3 is 1.95 bits per heavy atom. The van der Waals surface area contributed by atoms with Gasteiger partial charge in [0.25, 0.3) is 0 Å². The molecule has 8 nitrogen and oxygen atoms in total. The molecule has 2 rings (SSSR count). The van der Waals surface area contributed by atoms with Crippen LogP contribution in [0.25, 0.3) is 11.2 Å². The number of anilines is 1. The predicted octanol–water partition coefficient (Wildman–Crippen LogP) is 8.10. The number of rotatable bonds is 27. The van der Waals surface area contributed by atoms with Gasteiger partial charge in [-0.25, -0.2) is 15.0 Å². The van der Waals surface area contributed by atoms with Gasteiger partial charge in [0.2, 0.25) is 0 Å². The monoisotopic (exact) mass is 572 g/mol. The summed E-state index contributed by atoms with van der Waals surface area (Å²) in [5.41, 5.74) is 7.46. The minimum Gasteiger partial charge on any atom is -0.466 e. The molecule has 0 fully saturated rings. The van der Waals surface area contributed by atoms with Crippen molar-refractivity contribution < 1.29 is 9.53 Å². The van der Waals surface area contributed by atoms with Gasteiger partial charge in [0.15, 0.2) is 11.5 Å². The number of carbonyl (C=O) groups excluding carboxylic acids is 1. The van der Waals surface area contributed by atoms with E-state index in [1.807, 2.05) is 6.33 Å². The van der Waals surface area contributed by atoms with Gasteiger partial charge in [0.1, 0.15) is 11.8 Å². The minimum absolute atomic E-state index is 0.0146. The number of hydrogen-bond acceptors (Lipinski definition) is 7. The third-order valence-corrected chi connectivity index (χ3v) is 8.00. The maximum atomic E-state index is 12.0. The molecule has 8 heteroatoms. The lowest BCUT2D eigenvalue weighted by atomic mass is 10.1. The number of fused-ring (bicyclic) bond motifs is 1. The van der Waals surface area contributed by atoms with E-state index in [0.29, 0.717) is 24.4 Å². The van der Waals surface area contributed by atoms with E-state index in [2.05, 4.69) is 38.3 Å². The average Bonchev–Trinajstić information content (AvgIpc) is 3.39. The number of nitrogen functional groups attached to an aromatic ring is 1.